The Labute approximate surface area is 123 Å². The van der Waals surface area contributed by atoms with E-state index in [0.29, 0.717) is 11.7 Å². The molecule has 0 atom stereocenters. The van der Waals surface area contributed by atoms with Gasteiger partial charge < -0.3 is 0 Å². The highest BCUT2D eigenvalue weighted by Gasteiger charge is 2.14. The minimum Gasteiger partial charge on any atom is -0.292 e. The fraction of sp³-hybridized carbons (Fsp3) is 0.235. The zero-order chi connectivity index (χ0) is 14.8. The summed E-state index contributed by atoms with van der Waals surface area (Å²) >= 11 is 0. The number of fused-ring (bicyclic) bond motifs is 1. The molecule has 0 bridgehead atoms. The van der Waals surface area contributed by atoms with Crippen molar-refractivity contribution in [2.75, 3.05) is 0 Å². The fourth-order valence-corrected chi connectivity index (χ4v) is 2.35. The van der Waals surface area contributed by atoms with Crippen molar-refractivity contribution in [2.45, 2.75) is 26.3 Å². The van der Waals surface area contributed by atoms with Gasteiger partial charge in [0.25, 0.3) is 0 Å². The molecule has 3 aromatic rings. The number of carbonyl (C=O) groups excluding carboxylic acids is 1. The van der Waals surface area contributed by atoms with Crippen molar-refractivity contribution in [3.8, 4) is 0 Å². The van der Waals surface area contributed by atoms with E-state index in [0.717, 1.165) is 16.5 Å². The maximum atomic E-state index is 12.5. The van der Waals surface area contributed by atoms with Crippen LogP contribution in [-0.4, -0.2) is 20.5 Å². The summed E-state index contributed by atoms with van der Waals surface area (Å²) in [5.74, 6) is 0.000746. The first kappa shape index (κ1) is 13.5. The van der Waals surface area contributed by atoms with Crippen LogP contribution < -0.4 is 0 Å². The summed E-state index contributed by atoms with van der Waals surface area (Å²) in [5, 5.41) is 6.35. The van der Waals surface area contributed by atoms with Gasteiger partial charge in [-0.3, -0.25) is 14.5 Å². The molecule has 0 aliphatic heterocycles. The lowest BCUT2D eigenvalue weighted by Gasteiger charge is -2.05. The lowest BCUT2D eigenvalue weighted by atomic mass is 10.0. The van der Waals surface area contributed by atoms with Crippen LogP contribution in [0, 0.1) is 0 Å². The van der Waals surface area contributed by atoms with Gasteiger partial charge in [0.15, 0.2) is 5.78 Å². The Kier molecular flexibility index (Phi) is 3.52. The summed E-state index contributed by atoms with van der Waals surface area (Å²) in [4.78, 5) is 16.8. The van der Waals surface area contributed by atoms with Crippen molar-refractivity contribution in [2.24, 2.45) is 0 Å². The van der Waals surface area contributed by atoms with Crippen molar-refractivity contribution >= 4 is 16.6 Å². The molecular weight excluding hydrogens is 262 g/mol. The summed E-state index contributed by atoms with van der Waals surface area (Å²) in [6.45, 7) is 4.12. The van der Waals surface area contributed by atoms with Crippen LogP contribution in [-0.2, 0) is 6.42 Å². The first-order valence-electron chi connectivity index (χ1n) is 7.06. The highest BCUT2D eigenvalue weighted by Crippen LogP contribution is 2.18. The number of aromatic nitrogens is 3. The Morgan fingerprint density at radius 2 is 2.00 bits per heavy atom. The molecule has 0 spiro atoms. The molecule has 0 saturated carbocycles. The molecule has 2 aromatic heterocycles. The normalized spacial score (nSPS) is 11.2. The first-order chi connectivity index (χ1) is 10.1. The summed E-state index contributed by atoms with van der Waals surface area (Å²) in [6.07, 6.45) is 3.87. The third-order valence-electron chi connectivity index (χ3n) is 3.47. The van der Waals surface area contributed by atoms with E-state index in [9.17, 15) is 4.79 Å². The number of pyridine rings is 1. The van der Waals surface area contributed by atoms with E-state index >= 15 is 0 Å². The number of ketones is 1. The van der Waals surface area contributed by atoms with Gasteiger partial charge in [0.1, 0.15) is 5.69 Å². The van der Waals surface area contributed by atoms with Crippen LogP contribution in [0.4, 0.5) is 0 Å². The molecule has 0 fully saturated rings. The lowest BCUT2D eigenvalue weighted by molar-refractivity contribution is 0.0988. The first-order valence-corrected chi connectivity index (χ1v) is 7.06. The molecule has 1 aromatic carbocycles. The second-order valence-electron chi connectivity index (χ2n) is 5.36. The Bertz CT molecular complexity index is 784. The van der Waals surface area contributed by atoms with Crippen LogP contribution in [0.3, 0.4) is 0 Å². The van der Waals surface area contributed by atoms with Crippen molar-refractivity contribution in [3.05, 3.63) is 60.2 Å². The molecular formula is C17H17N3O. The second-order valence-corrected chi connectivity index (χ2v) is 5.36. The average molecular weight is 279 g/mol. The highest BCUT2D eigenvalue weighted by atomic mass is 16.1. The summed E-state index contributed by atoms with van der Waals surface area (Å²) < 4.78 is 1.86. The molecule has 0 N–H and O–H groups in total. The fourth-order valence-electron chi connectivity index (χ4n) is 2.35. The van der Waals surface area contributed by atoms with Gasteiger partial charge in [-0.05, 0) is 31.4 Å². The van der Waals surface area contributed by atoms with E-state index in [-0.39, 0.29) is 12.2 Å². The molecule has 4 heteroatoms. The van der Waals surface area contributed by atoms with Gasteiger partial charge in [-0.25, -0.2) is 0 Å². The average Bonchev–Trinajstić information content (AvgIpc) is 2.95. The van der Waals surface area contributed by atoms with Gasteiger partial charge in [0.2, 0.25) is 0 Å². The lowest BCUT2D eigenvalue weighted by Crippen LogP contribution is -2.08. The van der Waals surface area contributed by atoms with Crippen LogP contribution in [0.25, 0.3) is 10.8 Å². The van der Waals surface area contributed by atoms with E-state index in [2.05, 4.69) is 23.9 Å². The minimum atomic E-state index is 0.000746. The third-order valence-corrected chi connectivity index (χ3v) is 3.47. The molecule has 0 aliphatic carbocycles. The predicted molar refractivity (Wildman–Crippen MR) is 82.4 cm³/mol. The van der Waals surface area contributed by atoms with Crippen LogP contribution in [0.2, 0.25) is 0 Å². The van der Waals surface area contributed by atoms with E-state index in [1.807, 2.05) is 47.3 Å². The molecule has 3 rings (SSSR count). The van der Waals surface area contributed by atoms with E-state index in [4.69, 9.17) is 0 Å². The molecule has 0 amide bonds. The van der Waals surface area contributed by atoms with Crippen LogP contribution in [0.1, 0.15) is 36.1 Å². The molecule has 4 nitrogen and oxygen atoms in total. The maximum Gasteiger partial charge on any atom is 0.187 e. The van der Waals surface area contributed by atoms with Crippen LogP contribution in [0.5, 0.6) is 0 Å². The largest absolute Gasteiger partial charge is 0.292 e. The number of rotatable bonds is 4. The number of Topliss-reactive ketones (excluding diaryl/α,β-unsaturated/α-hetero) is 1. The Hall–Kier alpha value is -2.49. The SMILES string of the molecule is CC(C)n1ccc(CC(=O)c2nccc3ccccc23)n1. The van der Waals surface area contributed by atoms with E-state index in [1.54, 1.807) is 6.20 Å². The number of nitrogens with zero attached hydrogens (tertiary/aromatic N) is 3. The molecule has 0 radical (unpaired) electrons. The number of benzene rings is 1. The van der Waals surface area contributed by atoms with E-state index in [1.165, 1.54) is 0 Å². The van der Waals surface area contributed by atoms with Crippen molar-refractivity contribution in [1.29, 1.82) is 0 Å². The number of hydrogen-bond donors (Lipinski definition) is 0. The molecule has 0 saturated heterocycles. The summed E-state index contributed by atoms with van der Waals surface area (Å²) in [6, 6.07) is 11.9. The molecule has 0 aliphatic rings. The van der Waals surface area contributed by atoms with Crippen molar-refractivity contribution in [3.63, 3.8) is 0 Å². The molecule has 21 heavy (non-hydrogen) atoms. The van der Waals surface area contributed by atoms with Crippen molar-refractivity contribution in [1.82, 2.24) is 14.8 Å². The maximum absolute atomic E-state index is 12.5. The van der Waals surface area contributed by atoms with Crippen LogP contribution in [0.15, 0.2) is 48.8 Å². The minimum absolute atomic E-state index is 0.000746. The molecule has 106 valence electrons. The van der Waals surface area contributed by atoms with Gasteiger partial charge in [-0.2, -0.15) is 5.10 Å². The number of hydrogen-bond acceptors (Lipinski definition) is 3. The smallest absolute Gasteiger partial charge is 0.187 e. The Balaban J connectivity index is 1.90. The van der Waals surface area contributed by atoms with Gasteiger partial charge >= 0.3 is 0 Å². The van der Waals surface area contributed by atoms with Gasteiger partial charge in [0, 0.05) is 23.8 Å². The standard InChI is InChI=1S/C17H17N3O/c1-12(2)20-10-8-14(19-20)11-16(21)17-15-6-4-3-5-13(15)7-9-18-17/h3-10,12H,11H2,1-2H3. The summed E-state index contributed by atoms with van der Waals surface area (Å²) in [5.41, 5.74) is 1.30. The topological polar surface area (TPSA) is 47.8 Å². The summed E-state index contributed by atoms with van der Waals surface area (Å²) in [7, 11) is 0. The highest BCUT2D eigenvalue weighted by molar-refractivity contribution is 6.06. The zero-order valence-electron chi connectivity index (χ0n) is 12.2. The second kappa shape index (κ2) is 5.48. The zero-order valence-corrected chi connectivity index (χ0v) is 12.2. The Morgan fingerprint density at radius 1 is 1.19 bits per heavy atom. The van der Waals surface area contributed by atoms with Crippen LogP contribution >= 0.6 is 0 Å². The Morgan fingerprint density at radius 3 is 2.76 bits per heavy atom. The molecule has 2 heterocycles. The number of carbonyl (C=O) groups is 1. The van der Waals surface area contributed by atoms with Gasteiger partial charge in [-0.15, -0.1) is 0 Å². The van der Waals surface area contributed by atoms with Gasteiger partial charge in [-0.1, -0.05) is 24.3 Å². The van der Waals surface area contributed by atoms with Gasteiger partial charge in [0.05, 0.1) is 12.1 Å². The predicted octanol–water partition coefficient (Wildman–Crippen LogP) is 3.44. The monoisotopic (exact) mass is 279 g/mol. The van der Waals surface area contributed by atoms with Crippen molar-refractivity contribution < 1.29 is 4.79 Å². The third kappa shape index (κ3) is 2.70. The van der Waals surface area contributed by atoms with E-state index < -0.39 is 0 Å². The quantitative estimate of drug-likeness (QED) is 0.687. The molecule has 0 unspecified atom stereocenters.